The Bertz CT molecular complexity index is 663. The summed E-state index contributed by atoms with van der Waals surface area (Å²) in [6, 6.07) is 13.4. The summed E-state index contributed by atoms with van der Waals surface area (Å²) in [6.45, 7) is 6.61. The highest BCUT2D eigenvalue weighted by Crippen LogP contribution is 2.38. The topological polar surface area (TPSA) is 21.3 Å². The highest BCUT2D eigenvalue weighted by atomic mass is 16.5. The number of nitrogens with one attached hydrogen (secondary N) is 1. The molecule has 0 radical (unpaired) electrons. The fourth-order valence-corrected chi connectivity index (χ4v) is 3.36. The zero-order valence-corrected chi connectivity index (χ0v) is 13.2. The fraction of sp³-hybridized carbons (Fsp3) is 0.368. The lowest BCUT2D eigenvalue weighted by atomic mass is 9.83. The van der Waals surface area contributed by atoms with E-state index in [1.807, 2.05) is 0 Å². The van der Waals surface area contributed by atoms with Crippen LogP contribution < -0.4 is 10.1 Å². The van der Waals surface area contributed by atoms with Crippen molar-refractivity contribution in [2.75, 3.05) is 12.4 Å². The van der Waals surface area contributed by atoms with Crippen LogP contribution in [0.5, 0.6) is 5.75 Å². The second-order valence-electron chi connectivity index (χ2n) is 6.14. The fourth-order valence-electron chi connectivity index (χ4n) is 3.36. The highest BCUT2D eigenvalue weighted by Gasteiger charge is 2.27. The van der Waals surface area contributed by atoms with Gasteiger partial charge in [-0.1, -0.05) is 31.2 Å². The van der Waals surface area contributed by atoms with E-state index in [1.165, 1.54) is 27.9 Å². The summed E-state index contributed by atoms with van der Waals surface area (Å²) in [7, 11) is 1.74. The van der Waals surface area contributed by atoms with Crippen LogP contribution in [0.2, 0.25) is 0 Å². The van der Waals surface area contributed by atoms with Crippen molar-refractivity contribution in [1.82, 2.24) is 0 Å². The number of rotatable bonds is 2. The molecular formula is C19H23NO. The average molecular weight is 281 g/mol. The van der Waals surface area contributed by atoms with E-state index in [9.17, 15) is 0 Å². The average Bonchev–Trinajstić information content (AvgIpc) is 2.48. The van der Waals surface area contributed by atoms with Gasteiger partial charge in [-0.3, -0.25) is 0 Å². The first-order valence-corrected chi connectivity index (χ1v) is 7.59. The van der Waals surface area contributed by atoms with E-state index in [4.69, 9.17) is 4.74 Å². The lowest BCUT2D eigenvalue weighted by molar-refractivity contribution is 0.410. The predicted octanol–water partition coefficient (Wildman–Crippen LogP) is 4.66. The zero-order chi connectivity index (χ0) is 15.0. The first kappa shape index (κ1) is 14.0. The van der Waals surface area contributed by atoms with Crippen LogP contribution in [0, 0.1) is 19.8 Å². The summed E-state index contributed by atoms with van der Waals surface area (Å²) >= 11 is 0. The minimum atomic E-state index is 0.365. The Morgan fingerprint density at radius 3 is 2.62 bits per heavy atom. The molecule has 2 nitrogen and oxygen atoms in total. The molecule has 0 saturated carbocycles. The largest absolute Gasteiger partial charge is 0.496 e. The van der Waals surface area contributed by atoms with Crippen molar-refractivity contribution >= 4 is 5.69 Å². The molecule has 21 heavy (non-hydrogen) atoms. The third-order valence-corrected chi connectivity index (χ3v) is 4.56. The quantitative estimate of drug-likeness (QED) is 0.864. The van der Waals surface area contributed by atoms with Crippen LogP contribution in [0.3, 0.4) is 0 Å². The molecule has 1 aliphatic rings. The molecule has 0 bridgehead atoms. The molecular weight excluding hydrogens is 258 g/mol. The number of aryl methyl sites for hydroxylation is 2. The Hall–Kier alpha value is -1.96. The van der Waals surface area contributed by atoms with Gasteiger partial charge in [0.1, 0.15) is 5.75 Å². The zero-order valence-electron chi connectivity index (χ0n) is 13.2. The van der Waals surface area contributed by atoms with Crippen molar-refractivity contribution in [3.63, 3.8) is 0 Å². The van der Waals surface area contributed by atoms with Gasteiger partial charge in [-0.05, 0) is 60.6 Å². The van der Waals surface area contributed by atoms with Crippen LogP contribution in [-0.4, -0.2) is 7.11 Å². The van der Waals surface area contributed by atoms with Gasteiger partial charge < -0.3 is 10.1 Å². The molecule has 0 saturated heterocycles. The third-order valence-electron chi connectivity index (χ3n) is 4.56. The normalized spacial score (nSPS) is 20.6. The maximum absolute atomic E-state index is 5.43. The van der Waals surface area contributed by atoms with Gasteiger partial charge in [0.25, 0.3) is 0 Å². The van der Waals surface area contributed by atoms with Gasteiger partial charge in [-0.25, -0.2) is 0 Å². The Balaban J connectivity index is 2.00. The van der Waals surface area contributed by atoms with Gasteiger partial charge in [0.05, 0.1) is 13.2 Å². The number of methoxy groups -OCH3 is 1. The number of anilines is 1. The first-order valence-electron chi connectivity index (χ1n) is 7.59. The second-order valence-corrected chi connectivity index (χ2v) is 6.14. The highest BCUT2D eigenvalue weighted by molar-refractivity contribution is 5.56. The Morgan fingerprint density at radius 1 is 1.10 bits per heavy atom. The maximum atomic E-state index is 5.43. The molecule has 1 N–H and O–H groups in total. The first-order chi connectivity index (χ1) is 10.1. The van der Waals surface area contributed by atoms with Gasteiger partial charge in [-0.2, -0.15) is 0 Å². The number of para-hydroxylation sites is 1. The lowest BCUT2D eigenvalue weighted by Crippen LogP contribution is -2.26. The van der Waals surface area contributed by atoms with Crippen LogP contribution in [0.25, 0.3) is 0 Å². The smallest absolute Gasteiger partial charge is 0.122 e. The summed E-state index contributed by atoms with van der Waals surface area (Å²) in [6.07, 6.45) is 1.12. The number of fused-ring (bicyclic) bond motifs is 1. The van der Waals surface area contributed by atoms with E-state index in [0.29, 0.717) is 12.0 Å². The van der Waals surface area contributed by atoms with Crippen LogP contribution in [-0.2, 0) is 6.42 Å². The van der Waals surface area contributed by atoms with Crippen molar-refractivity contribution in [3.05, 3.63) is 58.7 Å². The Morgan fingerprint density at radius 2 is 1.86 bits per heavy atom. The molecule has 1 heterocycles. The molecule has 2 aromatic rings. The summed E-state index contributed by atoms with van der Waals surface area (Å²) in [5.41, 5.74) is 6.57. The van der Waals surface area contributed by atoms with E-state index < -0.39 is 0 Å². The number of hydrogen-bond donors (Lipinski definition) is 1. The number of hydrogen-bond acceptors (Lipinski definition) is 2. The SMILES string of the molecule is COc1cc(C)c(C2Nc3ccccc3CC2C)cc1C. The van der Waals surface area contributed by atoms with Gasteiger partial charge in [0.15, 0.2) is 0 Å². The van der Waals surface area contributed by atoms with Gasteiger partial charge >= 0.3 is 0 Å². The molecule has 0 fully saturated rings. The lowest BCUT2D eigenvalue weighted by Gasteiger charge is -2.34. The van der Waals surface area contributed by atoms with Crippen molar-refractivity contribution < 1.29 is 4.74 Å². The van der Waals surface area contributed by atoms with Crippen molar-refractivity contribution in [1.29, 1.82) is 0 Å². The molecule has 2 unspecified atom stereocenters. The number of benzene rings is 2. The minimum Gasteiger partial charge on any atom is -0.496 e. The molecule has 0 spiro atoms. The Labute approximate surface area is 127 Å². The molecule has 1 aliphatic heterocycles. The molecule has 0 aliphatic carbocycles. The van der Waals surface area contributed by atoms with E-state index in [1.54, 1.807) is 7.11 Å². The summed E-state index contributed by atoms with van der Waals surface area (Å²) in [5.74, 6) is 1.55. The molecule has 3 rings (SSSR count). The monoisotopic (exact) mass is 281 g/mol. The van der Waals surface area contributed by atoms with E-state index in [2.05, 4.69) is 62.5 Å². The van der Waals surface area contributed by atoms with E-state index in [0.717, 1.165) is 12.2 Å². The second kappa shape index (κ2) is 5.44. The van der Waals surface area contributed by atoms with E-state index in [-0.39, 0.29) is 0 Å². The van der Waals surface area contributed by atoms with Crippen molar-refractivity contribution in [2.24, 2.45) is 5.92 Å². The predicted molar refractivity (Wildman–Crippen MR) is 88.1 cm³/mol. The molecule has 0 aromatic heterocycles. The third kappa shape index (κ3) is 2.51. The molecule has 0 amide bonds. The minimum absolute atomic E-state index is 0.365. The standard InChI is InChI=1S/C19H23NO/c1-12-11-18(21-4)13(2)10-16(12)19-14(3)9-15-7-5-6-8-17(15)20-19/h5-8,10-11,14,19-20H,9H2,1-4H3. The van der Waals surface area contributed by atoms with Crippen LogP contribution >= 0.6 is 0 Å². The van der Waals surface area contributed by atoms with Crippen LogP contribution in [0.1, 0.15) is 35.2 Å². The van der Waals surface area contributed by atoms with E-state index >= 15 is 0 Å². The number of ether oxygens (including phenoxy) is 1. The van der Waals surface area contributed by atoms with Crippen molar-refractivity contribution in [3.8, 4) is 5.75 Å². The molecule has 2 atom stereocenters. The molecule has 2 aromatic carbocycles. The van der Waals surface area contributed by atoms with Gasteiger partial charge in [-0.15, -0.1) is 0 Å². The van der Waals surface area contributed by atoms with Gasteiger partial charge in [0.2, 0.25) is 0 Å². The molecule has 2 heteroatoms. The Kier molecular flexibility index (Phi) is 3.62. The maximum Gasteiger partial charge on any atom is 0.122 e. The summed E-state index contributed by atoms with van der Waals surface area (Å²) < 4.78 is 5.43. The van der Waals surface area contributed by atoms with Crippen molar-refractivity contribution in [2.45, 2.75) is 33.2 Å². The van der Waals surface area contributed by atoms with Gasteiger partial charge in [0, 0.05) is 5.69 Å². The van der Waals surface area contributed by atoms with Crippen LogP contribution in [0.15, 0.2) is 36.4 Å². The summed E-state index contributed by atoms with van der Waals surface area (Å²) in [5, 5.41) is 3.73. The summed E-state index contributed by atoms with van der Waals surface area (Å²) in [4.78, 5) is 0. The van der Waals surface area contributed by atoms with Crippen LogP contribution in [0.4, 0.5) is 5.69 Å². The molecule has 110 valence electrons.